The number of hydrogen-bond acceptors (Lipinski definition) is 2. The van der Waals surface area contributed by atoms with E-state index in [1.165, 1.54) is 25.7 Å². The van der Waals surface area contributed by atoms with Gasteiger partial charge in [-0.05, 0) is 31.9 Å². The smallest absolute Gasteiger partial charge is 0.191 e. The van der Waals surface area contributed by atoms with E-state index < -0.39 is 0 Å². The molecule has 1 aromatic rings. The first-order valence-electron chi connectivity index (χ1n) is 6.67. The Morgan fingerprint density at radius 3 is 2.83 bits per heavy atom. The van der Waals surface area contributed by atoms with Gasteiger partial charge in [0.25, 0.3) is 0 Å². The van der Waals surface area contributed by atoms with Crippen LogP contribution in [0.5, 0.6) is 0 Å². The predicted molar refractivity (Wildman–Crippen MR) is 74.6 cm³/mol. The van der Waals surface area contributed by atoms with Gasteiger partial charge in [0.2, 0.25) is 0 Å². The number of nitrogens with zero attached hydrogens (tertiary/aromatic N) is 2. The third kappa shape index (κ3) is 3.72. The van der Waals surface area contributed by atoms with Gasteiger partial charge in [0.05, 0.1) is 12.2 Å². The van der Waals surface area contributed by atoms with Gasteiger partial charge in [-0.3, -0.25) is 9.98 Å². The summed E-state index contributed by atoms with van der Waals surface area (Å²) in [4.78, 5) is 8.72. The van der Waals surface area contributed by atoms with Crippen LogP contribution in [0.4, 0.5) is 0 Å². The average Bonchev–Trinajstić information content (AvgIpc) is 2.87. The largest absolute Gasteiger partial charge is 0.354 e. The maximum Gasteiger partial charge on any atom is 0.191 e. The Balaban J connectivity index is 1.83. The zero-order chi connectivity index (χ0) is 12.8. The standard InChI is InChI=1S/C14H22N4/c1-11-6-5-9-13(17-11)10-16-14(15-2)18-12-7-3-4-8-12/h5-6,9,12H,3-4,7-8,10H2,1-2H3,(H2,15,16,18). The van der Waals surface area contributed by atoms with Crippen molar-refractivity contribution in [3.63, 3.8) is 0 Å². The normalized spacial score (nSPS) is 16.9. The average molecular weight is 246 g/mol. The molecule has 1 aliphatic rings. The van der Waals surface area contributed by atoms with E-state index in [0.717, 1.165) is 17.3 Å². The molecular weight excluding hydrogens is 224 g/mol. The molecule has 0 aromatic carbocycles. The Morgan fingerprint density at radius 2 is 2.17 bits per heavy atom. The first-order valence-corrected chi connectivity index (χ1v) is 6.67. The zero-order valence-electron chi connectivity index (χ0n) is 11.2. The van der Waals surface area contributed by atoms with Crippen molar-refractivity contribution in [3.8, 4) is 0 Å². The highest BCUT2D eigenvalue weighted by Gasteiger charge is 2.15. The summed E-state index contributed by atoms with van der Waals surface area (Å²) in [5.74, 6) is 0.880. The second-order valence-corrected chi connectivity index (χ2v) is 4.82. The summed E-state index contributed by atoms with van der Waals surface area (Å²) in [6.07, 6.45) is 5.16. The van der Waals surface area contributed by atoms with Crippen LogP contribution in [-0.2, 0) is 6.54 Å². The molecule has 0 spiro atoms. The number of rotatable bonds is 3. The van der Waals surface area contributed by atoms with E-state index in [1.54, 1.807) is 0 Å². The molecule has 0 bridgehead atoms. The minimum atomic E-state index is 0.585. The van der Waals surface area contributed by atoms with Crippen LogP contribution in [0.2, 0.25) is 0 Å². The molecule has 1 fully saturated rings. The molecule has 2 rings (SSSR count). The van der Waals surface area contributed by atoms with E-state index in [0.29, 0.717) is 12.6 Å². The lowest BCUT2D eigenvalue weighted by Crippen LogP contribution is -2.42. The van der Waals surface area contributed by atoms with E-state index in [2.05, 4.69) is 20.6 Å². The highest BCUT2D eigenvalue weighted by Crippen LogP contribution is 2.17. The Bertz CT molecular complexity index is 408. The molecule has 0 unspecified atom stereocenters. The van der Waals surface area contributed by atoms with E-state index >= 15 is 0 Å². The van der Waals surface area contributed by atoms with Crippen LogP contribution in [0, 0.1) is 6.92 Å². The summed E-state index contributed by atoms with van der Waals surface area (Å²) >= 11 is 0. The van der Waals surface area contributed by atoms with Gasteiger partial charge < -0.3 is 10.6 Å². The molecule has 0 radical (unpaired) electrons. The van der Waals surface area contributed by atoms with Crippen LogP contribution in [0.1, 0.15) is 37.1 Å². The Hall–Kier alpha value is -1.58. The monoisotopic (exact) mass is 246 g/mol. The third-order valence-electron chi connectivity index (χ3n) is 3.30. The van der Waals surface area contributed by atoms with Gasteiger partial charge >= 0.3 is 0 Å². The summed E-state index contributed by atoms with van der Waals surface area (Å²) < 4.78 is 0. The predicted octanol–water partition coefficient (Wildman–Crippen LogP) is 2.00. The maximum absolute atomic E-state index is 4.47. The number of aliphatic imine (C=N–C) groups is 1. The molecule has 1 aromatic heterocycles. The molecule has 0 amide bonds. The molecule has 18 heavy (non-hydrogen) atoms. The van der Waals surface area contributed by atoms with Crippen LogP contribution in [-0.4, -0.2) is 24.0 Å². The minimum absolute atomic E-state index is 0.585. The van der Waals surface area contributed by atoms with Gasteiger partial charge in [-0.15, -0.1) is 0 Å². The van der Waals surface area contributed by atoms with Gasteiger partial charge in [-0.25, -0.2) is 0 Å². The summed E-state index contributed by atoms with van der Waals surface area (Å²) in [5.41, 5.74) is 2.09. The van der Waals surface area contributed by atoms with E-state index in [9.17, 15) is 0 Å². The molecule has 0 atom stereocenters. The van der Waals surface area contributed by atoms with Crippen molar-refractivity contribution in [2.45, 2.75) is 45.2 Å². The van der Waals surface area contributed by atoms with Crippen molar-refractivity contribution in [2.24, 2.45) is 4.99 Å². The summed E-state index contributed by atoms with van der Waals surface area (Å²) in [6, 6.07) is 6.66. The summed E-state index contributed by atoms with van der Waals surface area (Å²) in [5, 5.41) is 6.78. The zero-order valence-corrected chi connectivity index (χ0v) is 11.2. The number of hydrogen-bond donors (Lipinski definition) is 2. The topological polar surface area (TPSA) is 49.3 Å². The second-order valence-electron chi connectivity index (χ2n) is 4.82. The van der Waals surface area contributed by atoms with Crippen molar-refractivity contribution >= 4 is 5.96 Å². The number of guanidine groups is 1. The van der Waals surface area contributed by atoms with E-state index in [-0.39, 0.29) is 0 Å². The van der Waals surface area contributed by atoms with Crippen molar-refractivity contribution in [2.75, 3.05) is 7.05 Å². The number of pyridine rings is 1. The lowest BCUT2D eigenvalue weighted by Gasteiger charge is -2.16. The minimum Gasteiger partial charge on any atom is -0.354 e. The van der Waals surface area contributed by atoms with Crippen LogP contribution in [0.15, 0.2) is 23.2 Å². The molecule has 4 heteroatoms. The van der Waals surface area contributed by atoms with E-state index in [4.69, 9.17) is 0 Å². The van der Waals surface area contributed by atoms with Crippen LogP contribution in [0.3, 0.4) is 0 Å². The van der Waals surface area contributed by atoms with Gasteiger partial charge in [0, 0.05) is 18.8 Å². The highest BCUT2D eigenvalue weighted by molar-refractivity contribution is 5.79. The fraction of sp³-hybridized carbons (Fsp3) is 0.571. The molecule has 4 nitrogen and oxygen atoms in total. The Labute approximate surface area is 109 Å². The van der Waals surface area contributed by atoms with Gasteiger partial charge in [-0.2, -0.15) is 0 Å². The molecular formula is C14H22N4. The fourth-order valence-corrected chi connectivity index (χ4v) is 2.33. The summed E-state index contributed by atoms with van der Waals surface area (Å²) in [7, 11) is 1.81. The lowest BCUT2D eigenvalue weighted by molar-refractivity contribution is 0.612. The SMILES string of the molecule is CN=C(NCc1cccc(C)n1)NC1CCCC1. The van der Waals surface area contributed by atoms with Crippen molar-refractivity contribution in [1.82, 2.24) is 15.6 Å². The van der Waals surface area contributed by atoms with Crippen molar-refractivity contribution in [3.05, 3.63) is 29.6 Å². The van der Waals surface area contributed by atoms with Gasteiger partial charge in [0.15, 0.2) is 5.96 Å². The maximum atomic E-state index is 4.47. The van der Waals surface area contributed by atoms with Crippen LogP contribution < -0.4 is 10.6 Å². The number of nitrogens with one attached hydrogen (secondary N) is 2. The number of aromatic nitrogens is 1. The van der Waals surface area contributed by atoms with Crippen molar-refractivity contribution < 1.29 is 0 Å². The van der Waals surface area contributed by atoms with Crippen LogP contribution >= 0.6 is 0 Å². The van der Waals surface area contributed by atoms with Gasteiger partial charge in [-0.1, -0.05) is 18.9 Å². The summed E-state index contributed by atoms with van der Waals surface area (Å²) in [6.45, 7) is 2.73. The second kappa shape index (κ2) is 6.38. The van der Waals surface area contributed by atoms with Crippen LogP contribution in [0.25, 0.3) is 0 Å². The Kier molecular flexibility index (Phi) is 4.56. The molecule has 1 saturated carbocycles. The van der Waals surface area contributed by atoms with E-state index in [1.807, 2.05) is 32.2 Å². The lowest BCUT2D eigenvalue weighted by atomic mass is 10.2. The third-order valence-corrected chi connectivity index (χ3v) is 3.30. The van der Waals surface area contributed by atoms with Crippen molar-refractivity contribution in [1.29, 1.82) is 0 Å². The quantitative estimate of drug-likeness (QED) is 0.633. The molecule has 1 heterocycles. The Morgan fingerprint density at radius 1 is 1.39 bits per heavy atom. The fourth-order valence-electron chi connectivity index (χ4n) is 2.33. The first-order chi connectivity index (χ1) is 8.78. The van der Waals surface area contributed by atoms with Gasteiger partial charge in [0.1, 0.15) is 0 Å². The molecule has 2 N–H and O–H groups in total. The molecule has 0 saturated heterocycles. The first kappa shape index (κ1) is 12.9. The number of aryl methyl sites for hydroxylation is 1. The molecule has 98 valence electrons. The molecule has 0 aliphatic heterocycles. The highest BCUT2D eigenvalue weighted by atomic mass is 15.2. The molecule has 1 aliphatic carbocycles.